The molecule has 0 fully saturated rings. The van der Waals surface area contributed by atoms with E-state index in [0.29, 0.717) is 6.42 Å². The number of alkyl halides is 1. The van der Waals surface area contributed by atoms with E-state index in [-0.39, 0.29) is 16.8 Å². The van der Waals surface area contributed by atoms with Crippen molar-refractivity contribution in [2.75, 3.05) is 0 Å². The van der Waals surface area contributed by atoms with E-state index in [0.717, 1.165) is 17.7 Å². The van der Waals surface area contributed by atoms with Gasteiger partial charge in [0.2, 0.25) is 5.91 Å². The van der Waals surface area contributed by atoms with Crippen molar-refractivity contribution < 1.29 is 9.53 Å². The van der Waals surface area contributed by atoms with Gasteiger partial charge >= 0.3 is 0 Å². The van der Waals surface area contributed by atoms with Crippen molar-refractivity contribution in [2.24, 2.45) is 5.73 Å². The quantitative estimate of drug-likeness (QED) is 0.821. The Balaban J connectivity index is 2.68. The van der Waals surface area contributed by atoms with E-state index in [1.165, 1.54) is 0 Å². The number of amides is 1. The van der Waals surface area contributed by atoms with Gasteiger partial charge in [-0.25, -0.2) is 0 Å². The lowest BCUT2D eigenvalue weighted by molar-refractivity contribution is -0.117. The molecular weight excluding hydrogens is 282 g/mol. The smallest absolute Gasteiger partial charge is 0.231 e. The van der Waals surface area contributed by atoms with Gasteiger partial charge < -0.3 is 10.5 Å². The maximum absolute atomic E-state index is 11.0. The van der Waals surface area contributed by atoms with Gasteiger partial charge in [-0.3, -0.25) is 4.79 Å². The van der Waals surface area contributed by atoms with E-state index in [9.17, 15) is 4.79 Å². The summed E-state index contributed by atoms with van der Waals surface area (Å²) < 4.78 is 5.71. The molecule has 0 saturated carbocycles. The first-order valence-corrected chi connectivity index (χ1v) is 6.63. The summed E-state index contributed by atoms with van der Waals surface area (Å²) in [5.74, 6) is 0.485. The second-order valence-corrected chi connectivity index (χ2v) is 5.16. The minimum Gasteiger partial charge on any atom is -0.491 e. The van der Waals surface area contributed by atoms with Crippen LogP contribution in [0.5, 0.6) is 5.75 Å². The van der Waals surface area contributed by atoms with Crippen LogP contribution in [-0.2, 0) is 11.2 Å². The Labute approximate surface area is 110 Å². The molecule has 2 N–H and O–H groups in total. The molecular formula is C13H18BrNO2. The zero-order valence-electron chi connectivity index (χ0n) is 10.2. The molecule has 0 aliphatic rings. The summed E-state index contributed by atoms with van der Waals surface area (Å²) >= 11 is 3.25. The van der Waals surface area contributed by atoms with Crippen LogP contribution >= 0.6 is 15.9 Å². The van der Waals surface area contributed by atoms with Gasteiger partial charge in [-0.2, -0.15) is 0 Å². The lowest BCUT2D eigenvalue weighted by Crippen LogP contribution is -2.25. The Bertz CT molecular complexity index is 381. The number of benzene rings is 1. The number of ether oxygens (including phenoxy) is 1. The van der Waals surface area contributed by atoms with Gasteiger partial charge in [-0.05, 0) is 37.5 Å². The Morgan fingerprint density at radius 2 is 2.24 bits per heavy atom. The van der Waals surface area contributed by atoms with Crippen molar-refractivity contribution in [2.45, 2.75) is 37.6 Å². The van der Waals surface area contributed by atoms with Crippen LogP contribution in [0.2, 0.25) is 0 Å². The molecule has 1 amide bonds. The maximum Gasteiger partial charge on any atom is 0.231 e. The molecule has 0 radical (unpaired) electrons. The van der Waals surface area contributed by atoms with E-state index in [1.54, 1.807) is 0 Å². The summed E-state index contributed by atoms with van der Waals surface area (Å²) in [6, 6.07) is 7.75. The number of carbonyl (C=O) groups excluding carboxylic acids is 1. The van der Waals surface area contributed by atoms with Gasteiger partial charge in [0.15, 0.2) is 0 Å². The first kappa shape index (κ1) is 14.0. The Morgan fingerprint density at radius 1 is 1.53 bits per heavy atom. The molecule has 94 valence electrons. The zero-order chi connectivity index (χ0) is 12.8. The minimum atomic E-state index is -0.349. The summed E-state index contributed by atoms with van der Waals surface area (Å²) in [5.41, 5.74) is 6.24. The standard InChI is InChI=1S/C13H18BrNO2/c1-3-9(2)17-11-6-4-5-10(7-11)8-12(14)13(15)16/h4-7,9,12H,3,8H2,1-2H3,(H2,15,16). The largest absolute Gasteiger partial charge is 0.491 e. The summed E-state index contributed by atoms with van der Waals surface area (Å²) in [6.07, 6.45) is 1.74. The number of primary amides is 1. The number of hydrogen-bond donors (Lipinski definition) is 1. The molecule has 1 rings (SSSR count). The van der Waals surface area contributed by atoms with Crippen molar-refractivity contribution in [3.63, 3.8) is 0 Å². The highest BCUT2D eigenvalue weighted by Gasteiger charge is 2.12. The van der Waals surface area contributed by atoms with Crippen LogP contribution in [-0.4, -0.2) is 16.8 Å². The molecule has 2 unspecified atom stereocenters. The second kappa shape index (κ2) is 6.64. The molecule has 0 aromatic heterocycles. The van der Waals surface area contributed by atoms with Crippen LogP contribution < -0.4 is 10.5 Å². The number of nitrogens with two attached hydrogens (primary N) is 1. The van der Waals surface area contributed by atoms with Crippen LogP contribution in [0.3, 0.4) is 0 Å². The van der Waals surface area contributed by atoms with Crippen molar-refractivity contribution in [1.82, 2.24) is 0 Å². The fourth-order valence-electron chi connectivity index (χ4n) is 1.37. The zero-order valence-corrected chi connectivity index (χ0v) is 11.7. The van der Waals surface area contributed by atoms with E-state index < -0.39 is 0 Å². The number of halogens is 1. The monoisotopic (exact) mass is 299 g/mol. The molecule has 3 nitrogen and oxygen atoms in total. The van der Waals surface area contributed by atoms with Crippen LogP contribution in [0, 0.1) is 0 Å². The fraction of sp³-hybridized carbons (Fsp3) is 0.462. The lowest BCUT2D eigenvalue weighted by Gasteiger charge is -2.13. The molecule has 4 heteroatoms. The summed E-state index contributed by atoms with van der Waals surface area (Å²) in [6.45, 7) is 4.11. The van der Waals surface area contributed by atoms with Gasteiger partial charge in [-0.1, -0.05) is 35.0 Å². The van der Waals surface area contributed by atoms with E-state index in [2.05, 4.69) is 22.9 Å². The lowest BCUT2D eigenvalue weighted by atomic mass is 10.1. The molecule has 0 saturated heterocycles. The van der Waals surface area contributed by atoms with Crippen molar-refractivity contribution in [3.05, 3.63) is 29.8 Å². The normalized spacial score (nSPS) is 14.1. The average Bonchev–Trinajstić information content (AvgIpc) is 2.29. The highest BCUT2D eigenvalue weighted by molar-refractivity contribution is 9.10. The first-order valence-electron chi connectivity index (χ1n) is 5.72. The molecule has 0 heterocycles. The van der Waals surface area contributed by atoms with E-state index in [4.69, 9.17) is 10.5 Å². The maximum atomic E-state index is 11.0. The Hall–Kier alpha value is -1.03. The topological polar surface area (TPSA) is 52.3 Å². The van der Waals surface area contributed by atoms with Gasteiger partial charge in [0.05, 0.1) is 10.9 Å². The molecule has 0 bridgehead atoms. The van der Waals surface area contributed by atoms with Gasteiger partial charge in [0.1, 0.15) is 5.75 Å². The third-order valence-electron chi connectivity index (χ3n) is 2.53. The molecule has 2 atom stereocenters. The van der Waals surface area contributed by atoms with Crippen LogP contribution in [0.15, 0.2) is 24.3 Å². The summed E-state index contributed by atoms with van der Waals surface area (Å²) in [4.78, 5) is 10.6. The fourth-order valence-corrected chi connectivity index (χ4v) is 1.74. The third kappa shape index (κ3) is 4.77. The summed E-state index contributed by atoms with van der Waals surface area (Å²) in [5, 5.41) is 0. The first-order chi connectivity index (χ1) is 8.02. The number of hydrogen-bond acceptors (Lipinski definition) is 2. The Morgan fingerprint density at radius 3 is 2.82 bits per heavy atom. The predicted molar refractivity (Wildman–Crippen MR) is 72.4 cm³/mol. The van der Waals surface area contributed by atoms with Gasteiger partial charge in [0.25, 0.3) is 0 Å². The predicted octanol–water partition coefficient (Wildman–Crippen LogP) is 2.66. The molecule has 0 aliphatic heterocycles. The molecule has 0 aliphatic carbocycles. The van der Waals surface area contributed by atoms with Crippen LogP contribution in [0.4, 0.5) is 0 Å². The minimum absolute atomic E-state index is 0.196. The molecule has 1 aromatic rings. The highest BCUT2D eigenvalue weighted by atomic mass is 79.9. The van der Waals surface area contributed by atoms with Gasteiger partial charge in [-0.15, -0.1) is 0 Å². The number of carbonyl (C=O) groups is 1. The van der Waals surface area contributed by atoms with Crippen molar-refractivity contribution >= 4 is 21.8 Å². The van der Waals surface area contributed by atoms with Crippen LogP contribution in [0.25, 0.3) is 0 Å². The summed E-state index contributed by atoms with van der Waals surface area (Å²) in [7, 11) is 0. The van der Waals surface area contributed by atoms with E-state index in [1.807, 2.05) is 31.2 Å². The number of rotatable bonds is 6. The van der Waals surface area contributed by atoms with Gasteiger partial charge in [0, 0.05) is 0 Å². The van der Waals surface area contributed by atoms with Crippen LogP contribution in [0.1, 0.15) is 25.8 Å². The van der Waals surface area contributed by atoms with Crippen molar-refractivity contribution in [1.29, 1.82) is 0 Å². The van der Waals surface area contributed by atoms with E-state index >= 15 is 0 Å². The molecule has 0 spiro atoms. The third-order valence-corrected chi connectivity index (χ3v) is 3.31. The molecule has 1 aromatic carbocycles. The average molecular weight is 300 g/mol. The second-order valence-electron chi connectivity index (χ2n) is 4.06. The Kier molecular flexibility index (Phi) is 5.48. The SMILES string of the molecule is CCC(C)Oc1cccc(CC(Br)C(N)=O)c1. The molecule has 17 heavy (non-hydrogen) atoms. The van der Waals surface area contributed by atoms with Crippen molar-refractivity contribution in [3.8, 4) is 5.75 Å². The highest BCUT2D eigenvalue weighted by Crippen LogP contribution is 2.18.